The van der Waals surface area contributed by atoms with Crippen molar-refractivity contribution in [2.75, 3.05) is 0 Å². The van der Waals surface area contributed by atoms with Crippen LogP contribution in [0.15, 0.2) is 30.3 Å². The Morgan fingerprint density at radius 3 is 2.50 bits per heavy atom. The minimum Gasteiger partial charge on any atom is -0.508 e. The molecule has 2 aromatic rings. The molecule has 0 aromatic heterocycles. The van der Waals surface area contributed by atoms with Gasteiger partial charge in [-0.1, -0.05) is 43.1 Å². The zero-order valence-corrected chi connectivity index (χ0v) is 16.6. The van der Waals surface area contributed by atoms with E-state index in [-0.39, 0.29) is 17.4 Å². The van der Waals surface area contributed by atoms with Gasteiger partial charge in [-0.15, -0.1) is 0 Å². The fraction of sp³-hybridized carbons (Fsp3) is 0.278. The molecule has 26 heavy (non-hydrogen) atoms. The van der Waals surface area contributed by atoms with Crippen LogP contribution in [0.3, 0.4) is 0 Å². The van der Waals surface area contributed by atoms with Crippen molar-refractivity contribution in [3.8, 4) is 11.5 Å². The third-order valence-corrected chi connectivity index (χ3v) is 5.39. The molecule has 1 fully saturated rings. The van der Waals surface area contributed by atoms with Gasteiger partial charge in [-0.05, 0) is 47.5 Å². The smallest absolute Gasteiger partial charge is 0.185 e. The Morgan fingerprint density at radius 1 is 1.12 bits per heavy atom. The Labute approximate surface area is 167 Å². The molecule has 2 aromatic carbocycles. The average molecular weight is 412 g/mol. The highest BCUT2D eigenvalue weighted by Crippen LogP contribution is 2.37. The summed E-state index contributed by atoms with van der Waals surface area (Å²) in [5.41, 5.74) is 8.32. The third kappa shape index (κ3) is 3.69. The van der Waals surface area contributed by atoms with Crippen LogP contribution in [0.1, 0.15) is 42.6 Å². The second-order valence-corrected chi connectivity index (χ2v) is 7.68. The maximum atomic E-state index is 10.4. The van der Waals surface area contributed by atoms with E-state index in [1.54, 1.807) is 18.2 Å². The number of rotatable bonds is 4. The lowest BCUT2D eigenvalue weighted by atomic mass is 9.97. The van der Waals surface area contributed by atoms with Crippen LogP contribution in [0.2, 0.25) is 10.0 Å². The second kappa shape index (κ2) is 7.48. The number of hydrazine groups is 1. The molecular formula is C18H19Cl2N3O2S. The third-order valence-electron chi connectivity index (χ3n) is 4.32. The van der Waals surface area contributed by atoms with E-state index in [1.807, 2.05) is 24.8 Å². The van der Waals surface area contributed by atoms with E-state index in [9.17, 15) is 10.2 Å². The van der Waals surface area contributed by atoms with Gasteiger partial charge in [0.15, 0.2) is 5.11 Å². The van der Waals surface area contributed by atoms with Crippen LogP contribution in [0.4, 0.5) is 0 Å². The van der Waals surface area contributed by atoms with Crippen molar-refractivity contribution in [2.45, 2.75) is 32.5 Å². The quantitative estimate of drug-likeness (QED) is 0.558. The van der Waals surface area contributed by atoms with E-state index in [2.05, 4.69) is 10.9 Å². The number of benzene rings is 2. The number of hydrogen-bond acceptors (Lipinski definition) is 4. The summed E-state index contributed by atoms with van der Waals surface area (Å²) in [4.78, 5) is 1.89. The largest absolute Gasteiger partial charge is 0.508 e. The normalized spacial score (nSPS) is 17.0. The van der Waals surface area contributed by atoms with Crippen molar-refractivity contribution in [3.05, 3.63) is 57.1 Å². The lowest BCUT2D eigenvalue weighted by molar-refractivity contribution is 0.299. The molecule has 1 aliphatic heterocycles. The highest BCUT2D eigenvalue weighted by atomic mass is 35.5. The maximum Gasteiger partial charge on any atom is 0.185 e. The molecular weight excluding hydrogens is 393 g/mol. The number of thiocarbonyl (C=S) groups is 1. The monoisotopic (exact) mass is 411 g/mol. The molecule has 0 saturated carbocycles. The van der Waals surface area contributed by atoms with E-state index < -0.39 is 6.17 Å². The van der Waals surface area contributed by atoms with Gasteiger partial charge in [0, 0.05) is 18.2 Å². The van der Waals surface area contributed by atoms with Crippen LogP contribution in [0.5, 0.6) is 11.5 Å². The van der Waals surface area contributed by atoms with Gasteiger partial charge in [-0.25, -0.2) is 5.43 Å². The molecule has 0 amide bonds. The first-order valence-corrected chi connectivity index (χ1v) is 9.26. The molecule has 138 valence electrons. The maximum absolute atomic E-state index is 10.4. The number of aromatic hydroxyl groups is 2. The highest BCUT2D eigenvalue weighted by Gasteiger charge is 2.31. The number of halogens is 2. The molecule has 0 aliphatic carbocycles. The molecule has 0 radical (unpaired) electrons. The van der Waals surface area contributed by atoms with Crippen molar-refractivity contribution in [1.29, 1.82) is 0 Å². The van der Waals surface area contributed by atoms with Crippen molar-refractivity contribution >= 4 is 40.5 Å². The summed E-state index contributed by atoms with van der Waals surface area (Å²) in [6.45, 7) is 4.43. The van der Waals surface area contributed by atoms with Crippen molar-refractivity contribution in [1.82, 2.24) is 15.8 Å². The van der Waals surface area contributed by atoms with Gasteiger partial charge in [0.1, 0.15) is 17.7 Å². The van der Waals surface area contributed by atoms with Crippen molar-refractivity contribution in [3.63, 3.8) is 0 Å². The van der Waals surface area contributed by atoms with Crippen molar-refractivity contribution in [2.24, 2.45) is 0 Å². The Balaban J connectivity index is 1.95. The molecule has 3 rings (SSSR count). The van der Waals surface area contributed by atoms with E-state index in [1.165, 1.54) is 6.07 Å². The molecule has 1 aliphatic rings. The van der Waals surface area contributed by atoms with Crippen LogP contribution in [-0.4, -0.2) is 20.2 Å². The van der Waals surface area contributed by atoms with E-state index in [4.69, 9.17) is 35.4 Å². The predicted octanol–water partition coefficient (Wildman–Crippen LogP) is 4.42. The van der Waals surface area contributed by atoms with Crippen LogP contribution < -0.4 is 10.9 Å². The van der Waals surface area contributed by atoms with Gasteiger partial charge in [0.2, 0.25) is 0 Å². The molecule has 8 heteroatoms. The first kappa shape index (κ1) is 19.0. The number of nitrogens with one attached hydrogen (secondary N) is 2. The van der Waals surface area contributed by atoms with Gasteiger partial charge in [0.25, 0.3) is 0 Å². The van der Waals surface area contributed by atoms with Crippen LogP contribution in [0.25, 0.3) is 0 Å². The summed E-state index contributed by atoms with van der Waals surface area (Å²) in [6, 6.07) is 8.57. The van der Waals surface area contributed by atoms with Crippen LogP contribution in [0, 0.1) is 0 Å². The van der Waals surface area contributed by atoms with Gasteiger partial charge < -0.3 is 15.1 Å². The molecule has 1 unspecified atom stereocenters. The first-order valence-electron chi connectivity index (χ1n) is 8.09. The van der Waals surface area contributed by atoms with E-state index in [0.29, 0.717) is 27.3 Å². The topological polar surface area (TPSA) is 67.8 Å². The zero-order chi connectivity index (χ0) is 19.0. The number of phenols is 2. The molecule has 1 saturated heterocycles. The minimum atomic E-state index is -0.393. The van der Waals surface area contributed by atoms with Gasteiger partial charge >= 0.3 is 0 Å². The second-order valence-electron chi connectivity index (χ2n) is 6.48. The SMILES string of the molecule is CC(C)c1cc(C2NNC(=S)N2Cc2ccc(Cl)c(Cl)c2)c(O)cc1O. The number of hydrogen-bond donors (Lipinski definition) is 4. The van der Waals surface area contributed by atoms with Gasteiger partial charge in [-0.3, -0.25) is 5.43 Å². The minimum absolute atomic E-state index is 0.00459. The summed E-state index contributed by atoms with van der Waals surface area (Å²) in [5, 5.41) is 21.9. The van der Waals surface area contributed by atoms with Gasteiger partial charge in [0.05, 0.1) is 10.0 Å². The lowest BCUT2D eigenvalue weighted by Gasteiger charge is -2.26. The van der Waals surface area contributed by atoms with E-state index >= 15 is 0 Å². The summed E-state index contributed by atoms with van der Waals surface area (Å²) < 4.78 is 0. The first-order chi connectivity index (χ1) is 12.3. The van der Waals surface area contributed by atoms with Gasteiger partial charge in [-0.2, -0.15) is 0 Å². The molecule has 4 N–H and O–H groups in total. The number of nitrogens with zero attached hydrogens (tertiary/aromatic N) is 1. The lowest BCUT2D eigenvalue weighted by Crippen LogP contribution is -2.29. The standard InChI is InChI=1S/C18H19Cl2N3O2S/c1-9(2)11-6-12(16(25)7-15(11)24)17-21-22-18(26)23(17)8-10-3-4-13(19)14(20)5-10/h3-7,9,17,21,24-25H,8H2,1-2H3,(H,22,26). The Kier molecular flexibility index (Phi) is 5.48. The summed E-state index contributed by atoms with van der Waals surface area (Å²) in [7, 11) is 0. The summed E-state index contributed by atoms with van der Waals surface area (Å²) in [6.07, 6.45) is -0.393. The molecule has 0 bridgehead atoms. The highest BCUT2D eigenvalue weighted by molar-refractivity contribution is 7.80. The molecule has 1 atom stereocenters. The van der Waals surface area contributed by atoms with Crippen molar-refractivity contribution < 1.29 is 10.2 Å². The number of phenolic OH excluding ortho intramolecular Hbond substituents is 2. The Morgan fingerprint density at radius 2 is 1.85 bits per heavy atom. The van der Waals surface area contributed by atoms with E-state index in [0.717, 1.165) is 11.1 Å². The fourth-order valence-corrected chi connectivity index (χ4v) is 3.48. The molecule has 5 nitrogen and oxygen atoms in total. The van der Waals surface area contributed by atoms with Crippen LogP contribution in [-0.2, 0) is 6.54 Å². The Hall–Kier alpha value is -1.73. The van der Waals surface area contributed by atoms with Crippen LogP contribution >= 0.6 is 35.4 Å². The summed E-state index contributed by atoms with van der Waals surface area (Å²) >= 11 is 17.5. The average Bonchev–Trinajstić information content (AvgIpc) is 2.91. The predicted molar refractivity (Wildman–Crippen MR) is 107 cm³/mol. The Bertz CT molecular complexity index is 861. The molecule has 1 heterocycles. The fourth-order valence-electron chi connectivity index (χ4n) is 2.93. The zero-order valence-electron chi connectivity index (χ0n) is 14.3. The molecule has 0 spiro atoms. The summed E-state index contributed by atoms with van der Waals surface area (Å²) in [5.74, 6) is 0.181.